The van der Waals surface area contributed by atoms with Gasteiger partial charge < -0.3 is 14.6 Å². The van der Waals surface area contributed by atoms with Crippen LogP contribution in [-0.2, 0) is 9.59 Å². The highest BCUT2D eigenvalue weighted by Gasteiger charge is 2.47. The Morgan fingerprint density at radius 1 is 0.971 bits per heavy atom. The van der Waals surface area contributed by atoms with E-state index in [4.69, 9.17) is 9.47 Å². The van der Waals surface area contributed by atoms with Crippen LogP contribution in [0, 0.1) is 6.92 Å². The number of Topliss-reactive ketones (excluding diaryl/α,β-unsaturated/α-hetero) is 1. The van der Waals surface area contributed by atoms with Gasteiger partial charge in [-0.25, -0.2) is 0 Å². The van der Waals surface area contributed by atoms with Crippen molar-refractivity contribution in [1.29, 1.82) is 0 Å². The Balaban J connectivity index is 1.87. The minimum absolute atomic E-state index is 0.0381. The van der Waals surface area contributed by atoms with Crippen LogP contribution in [0.2, 0.25) is 0 Å². The van der Waals surface area contributed by atoms with Crippen LogP contribution in [0.25, 0.3) is 5.76 Å². The number of carbonyl (C=O) groups excluding carboxylic acids is 2. The van der Waals surface area contributed by atoms with Crippen molar-refractivity contribution < 1.29 is 24.2 Å². The lowest BCUT2D eigenvalue weighted by Gasteiger charge is -2.26. The van der Waals surface area contributed by atoms with Crippen LogP contribution >= 0.6 is 0 Å². The largest absolute Gasteiger partial charge is 0.507 e. The number of hydrogen-bond acceptors (Lipinski definition) is 5. The van der Waals surface area contributed by atoms with Gasteiger partial charge in [-0.3, -0.25) is 14.5 Å². The molecule has 0 saturated carbocycles. The van der Waals surface area contributed by atoms with Crippen LogP contribution in [0.3, 0.4) is 0 Å². The highest BCUT2D eigenvalue weighted by atomic mass is 16.5. The summed E-state index contributed by atoms with van der Waals surface area (Å²) in [5.41, 5.74) is 2.70. The molecule has 4 rings (SSSR count). The number of nitrogens with zero attached hydrogens (tertiary/aromatic N) is 1. The van der Waals surface area contributed by atoms with E-state index in [1.807, 2.05) is 52.0 Å². The number of aryl methyl sites for hydroxylation is 1. The van der Waals surface area contributed by atoms with E-state index in [0.29, 0.717) is 29.4 Å². The second-order valence-electron chi connectivity index (χ2n) is 8.70. The molecule has 1 aliphatic rings. The summed E-state index contributed by atoms with van der Waals surface area (Å²) in [6, 6.07) is 20.7. The first-order chi connectivity index (χ1) is 16.8. The van der Waals surface area contributed by atoms with Crippen molar-refractivity contribution in [1.82, 2.24) is 0 Å². The van der Waals surface area contributed by atoms with E-state index >= 15 is 0 Å². The SMILES string of the molecule is CCOc1ccc(N2C(=O)C(=O)/C(=C(\O)c3cccc(OC(C)C)c3)C2c2cccc(C)c2)cc1. The number of benzene rings is 3. The molecule has 0 bridgehead atoms. The Labute approximate surface area is 205 Å². The first-order valence-corrected chi connectivity index (χ1v) is 11.7. The number of carbonyl (C=O) groups is 2. The van der Waals surface area contributed by atoms with E-state index in [1.54, 1.807) is 48.5 Å². The summed E-state index contributed by atoms with van der Waals surface area (Å²) in [6.45, 7) is 8.18. The summed E-state index contributed by atoms with van der Waals surface area (Å²) in [5, 5.41) is 11.4. The molecule has 1 aliphatic heterocycles. The normalized spacial score (nSPS) is 17.2. The van der Waals surface area contributed by atoms with E-state index in [9.17, 15) is 14.7 Å². The fourth-order valence-electron chi connectivity index (χ4n) is 4.27. The van der Waals surface area contributed by atoms with Gasteiger partial charge in [-0.05, 0) is 69.7 Å². The zero-order valence-corrected chi connectivity index (χ0v) is 20.3. The molecule has 180 valence electrons. The highest BCUT2D eigenvalue weighted by molar-refractivity contribution is 6.51. The quantitative estimate of drug-likeness (QED) is 0.267. The molecule has 35 heavy (non-hydrogen) atoms. The number of rotatable bonds is 7. The molecule has 3 aromatic rings. The first kappa shape index (κ1) is 24.1. The molecule has 1 atom stereocenters. The van der Waals surface area contributed by atoms with Gasteiger partial charge in [0.15, 0.2) is 0 Å². The average Bonchev–Trinajstić information content (AvgIpc) is 3.09. The molecule has 1 heterocycles. The van der Waals surface area contributed by atoms with Crippen LogP contribution in [-0.4, -0.2) is 29.5 Å². The van der Waals surface area contributed by atoms with Gasteiger partial charge in [0.05, 0.1) is 24.3 Å². The molecule has 6 heteroatoms. The van der Waals surface area contributed by atoms with Gasteiger partial charge in [0, 0.05) is 11.3 Å². The van der Waals surface area contributed by atoms with Gasteiger partial charge in [0.1, 0.15) is 17.3 Å². The minimum Gasteiger partial charge on any atom is -0.507 e. The Bertz CT molecular complexity index is 1280. The molecule has 1 saturated heterocycles. The molecule has 1 amide bonds. The van der Waals surface area contributed by atoms with Gasteiger partial charge >= 0.3 is 0 Å². The topological polar surface area (TPSA) is 76.1 Å². The van der Waals surface area contributed by atoms with Gasteiger partial charge in [0.25, 0.3) is 11.7 Å². The third-order valence-corrected chi connectivity index (χ3v) is 5.71. The van der Waals surface area contributed by atoms with Crippen LogP contribution in [0.15, 0.2) is 78.4 Å². The van der Waals surface area contributed by atoms with Crippen molar-refractivity contribution in [3.8, 4) is 11.5 Å². The second-order valence-corrected chi connectivity index (χ2v) is 8.70. The van der Waals surface area contributed by atoms with Gasteiger partial charge in [-0.2, -0.15) is 0 Å². The summed E-state index contributed by atoms with van der Waals surface area (Å²) >= 11 is 0. The smallest absolute Gasteiger partial charge is 0.300 e. The summed E-state index contributed by atoms with van der Waals surface area (Å²) in [7, 11) is 0. The second kappa shape index (κ2) is 10.1. The zero-order valence-electron chi connectivity index (χ0n) is 20.3. The van der Waals surface area contributed by atoms with Crippen molar-refractivity contribution in [2.45, 2.75) is 39.8 Å². The summed E-state index contributed by atoms with van der Waals surface area (Å²) in [4.78, 5) is 28.1. The van der Waals surface area contributed by atoms with Crippen molar-refractivity contribution in [2.75, 3.05) is 11.5 Å². The number of anilines is 1. The lowest BCUT2D eigenvalue weighted by molar-refractivity contribution is -0.132. The maximum absolute atomic E-state index is 13.3. The third kappa shape index (κ3) is 4.92. The molecule has 0 aliphatic carbocycles. The standard InChI is InChI=1S/C29H29NO5/c1-5-34-23-14-12-22(13-15-23)30-26(20-9-6-8-19(4)16-20)25(28(32)29(30)33)27(31)21-10-7-11-24(17-21)35-18(2)3/h6-18,26,31H,5H2,1-4H3/b27-25-. The molecule has 0 spiro atoms. The molecule has 1 unspecified atom stereocenters. The molecular weight excluding hydrogens is 442 g/mol. The van der Waals surface area contributed by atoms with Crippen molar-refractivity contribution >= 4 is 23.1 Å². The highest BCUT2D eigenvalue weighted by Crippen LogP contribution is 2.42. The number of amides is 1. The number of ether oxygens (including phenoxy) is 2. The predicted molar refractivity (Wildman–Crippen MR) is 136 cm³/mol. The van der Waals surface area contributed by atoms with Crippen LogP contribution in [0.5, 0.6) is 11.5 Å². The van der Waals surface area contributed by atoms with Crippen LogP contribution in [0.4, 0.5) is 5.69 Å². The Morgan fingerprint density at radius 3 is 2.34 bits per heavy atom. The first-order valence-electron chi connectivity index (χ1n) is 11.7. The van der Waals surface area contributed by atoms with Crippen molar-refractivity contribution in [3.05, 3.63) is 95.1 Å². The van der Waals surface area contributed by atoms with E-state index < -0.39 is 17.7 Å². The monoisotopic (exact) mass is 471 g/mol. The average molecular weight is 472 g/mol. The number of ketones is 1. The van der Waals surface area contributed by atoms with E-state index in [1.165, 1.54) is 4.90 Å². The molecule has 1 N–H and O–H groups in total. The molecule has 1 fully saturated rings. The molecular formula is C29H29NO5. The number of aliphatic hydroxyl groups excluding tert-OH is 1. The van der Waals surface area contributed by atoms with E-state index in [0.717, 1.165) is 11.1 Å². The third-order valence-electron chi connectivity index (χ3n) is 5.71. The molecule has 6 nitrogen and oxygen atoms in total. The lowest BCUT2D eigenvalue weighted by atomic mass is 9.94. The Kier molecular flexibility index (Phi) is 6.92. The maximum Gasteiger partial charge on any atom is 0.300 e. The Hall–Kier alpha value is -4.06. The van der Waals surface area contributed by atoms with E-state index in [2.05, 4.69) is 0 Å². The summed E-state index contributed by atoms with van der Waals surface area (Å²) < 4.78 is 11.3. The lowest BCUT2D eigenvalue weighted by Crippen LogP contribution is -2.29. The van der Waals surface area contributed by atoms with E-state index in [-0.39, 0.29) is 17.4 Å². The summed E-state index contributed by atoms with van der Waals surface area (Å²) in [6.07, 6.45) is -0.0510. The maximum atomic E-state index is 13.3. The van der Waals surface area contributed by atoms with Gasteiger partial charge in [0.2, 0.25) is 0 Å². The van der Waals surface area contributed by atoms with Crippen molar-refractivity contribution in [2.24, 2.45) is 0 Å². The fourth-order valence-corrected chi connectivity index (χ4v) is 4.27. The summed E-state index contributed by atoms with van der Waals surface area (Å²) in [5.74, 6) is -0.439. The van der Waals surface area contributed by atoms with Crippen LogP contribution in [0.1, 0.15) is 43.5 Å². The number of hydrogen-bond donors (Lipinski definition) is 1. The number of aliphatic hydroxyl groups is 1. The van der Waals surface area contributed by atoms with Gasteiger partial charge in [-0.15, -0.1) is 0 Å². The molecule has 0 aromatic heterocycles. The molecule has 3 aromatic carbocycles. The zero-order chi connectivity index (χ0) is 25.1. The van der Waals surface area contributed by atoms with Crippen LogP contribution < -0.4 is 14.4 Å². The fraction of sp³-hybridized carbons (Fsp3) is 0.241. The Morgan fingerprint density at radius 2 is 1.69 bits per heavy atom. The van der Waals surface area contributed by atoms with Gasteiger partial charge in [-0.1, -0.05) is 42.0 Å². The molecule has 0 radical (unpaired) electrons. The van der Waals surface area contributed by atoms with Crippen molar-refractivity contribution in [3.63, 3.8) is 0 Å². The minimum atomic E-state index is -0.789. The predicted octanol–water partition coefficient (Wildman–Crippen LogP) is 5.81.